The molecule has 0 N–H and O–H groups in total. The molecule has 3 rings (SSSR count). The van der Waals surface area contributed by atoms with E-state index in [0.29, 0.717) is 5.92 Å². The van der Waals surface area contributed by atoms with Crippen molar-refractivity contribution >= 4 is 17.8 Å². The molecule has 0 saturated heterocycles. The van der Waals surface area contributed by atoms with Crippen LogP contribution in [0.3, 0.4) is 0 Å². The summed E-state index contributed by atoms with van der Waals surface area (Å²) < 4.78 is 2.24. The fraction of sp³-hybridized carbons (Fsp3) is 0.240. The zero-order valence-electron chi connectivity index (χ0n) is 16.3. The smallest absolute Gasteiger partial charge is 0.173 e. The molecular formula is C25H28NS+. The van der Waals surface area contributed by atoms with Crippen LogP contribution in [0, 0.1) is 0 Å². The first-order valence-corrected chi connectivity index (χ1v) is 10.6. The second-order valence-electron chi connectivity index (χ2n) is 6.99. The molecular weight excluding hydrogens is 346 g/mol. The van der Waals surface area contributed by atoms with E-state index in [4.69, 9.17) is 0 Å². The van der Waals surface area contributed by atoms with E-state index in [-0.39, 0.29) is 0 Å². The lowest BCUT2D eigenvalue weighted by Gasteiger charge is -2.09. The molecule has 1 heterocycles. The summed E-state index contributed by atoms with van der Waals surface area (Å²) in [5.74, 6) is 1.62. The van der Waals surface area contributed by atoms with E-state index < -0.39 is 0 Å². The van der Waals surface area contributed by atoms with Gasteiger partial charge in [0, 0.05) is 28.3 Å². The number of benzene rings is 2. The van der Waals surface area contributed by atoms with Gasteiger partial charge in [-0.15, -0.1) is 11.8 Å². The highest BCUT2D eigenvalue weighted by molar-refractivity contribution is 7.98. The summed E-state index contributed by atoms with van der Waals surface area (Å²) >= 11 is 1.87. The van der Waals surface area contributed by atoms with E-state index >= 15 is 0 Å². The molecule has 138 valence electrons. The first-order valence-electron chi connectivity index (χ1n) is 9.60. The number of pyridine rings is 1. The van der Waals surface area contributed by atoms with Crippen LogP contribution < -0.4 is 4.57 Å². The molecule has 1 unspecified atom stereocenters. The van der Waals surface area contributed by atoms with Gasteiger partial charge >= 0.3 is 0 Å². The second kappa shape index (κ2) is 9.57. The third-order valence-electron chi connectivity index (χ3n) is 5.01. The Morgan fingerprint density at radius 3 is 2.15 bits per heavy atom. The summed E-state index contributed by atoms with van der Waals surface area (Å²) in [6, 6.07) is 22.0. The van der Waals surface area contributed by atoms with Crippen molar-refractivity contribution in [3.8, 4) is 0 Å². The quantitative estimate of drug-likeness (QED) is 0.323. The van der Waals surface area contributed by atoms with Crippen LogP contribution in [0.4, 0.5) is 0 Å². The molecule has 3 aromatic rings. The predicted octanol–water partition coefficient (Wildman–Crippen LogP) is 6.47. The van der Waals surface area contributed by atoms with E-state index in [0.717, 1.165) is 12.3 Å². The number of hydrogen-bond acceptors (Lipinski definition) is 1. The topological polar surface area (TPSA) is 3.88 Å². The van der Waals surface area contributed by atoms with Crippen molar-refractivity contribution in [3.63, 3.8) is 0 Å². The number of thioether (sulfide) groups is 1. The summed E-state index contributed by atoms with van der Waals surface area (Å²) in [4.78, 5) is 1.30. The van der Waals surface area contributed by atoms with Crippen LogP contribution in [0.25, 0.3) is 6.08 Å². The molecule has 0 amide bonds. The Hall–Kier alpha value is -2.32. The Morgan fingerprint density at radius 1 is 0.926 bits per heavy atom. The Kier molecular flexibility index (Phi) is 6.89. The van der Waals surface area contributed by atoms with Gasteiger partial charge in [-0.1, -0.05) is 75.0 Å². The minimum Gasteiger partial charge on any atom is -0.201 e. The Balaban J connectivity index is 1.55. The Bertz CT molecular complexity index is 848. The van der Waals surface area contributed by atoms with Crippen LogP contribution in [-0.2, 0) is 12.3 Å². The van der Waals surface area contributed by atoms with Crippen molar-refractivity contribution in [1.29, 1.82) is 0 Å². The minimum absolute atomic E-state index is 0.635. The van der Waals surface area contributed by atoms with E-state index in [2.05, 4.69) is 98.1 Å². The van der Waals surface area contributed by atoms with Crippen molar-refractivity contribution < 1.29 is 4.57 Å². The van der Waals surface area contributed by atoms with Crippen molar-refractivity contribution in [1.82, 2.24) is 0 Å². The van der Waals surface area contributed by atoms with Gasteiger partial charge in [0.25, 0.3) is 0 Å². The molecule has 0 aliphatic heterocycles. The lowest BCUT2D eigenvalue weighted by molar-refractivity contribution is -0.688. The first-order chi connectivity index (χ1) is 13.2. The molecule has 0 fully saturated rings. The van der Waals surface area contributed by atoms with E-state index in [9.17, 15) is 0 Å². The third-order valence-corrected chi connectivity index (χ3v) is 6.09. The van der Waals surface area contributed by atoms with Crippen molar-refractivity contribution in [3.05, 3.63) is 102 Å². The molecule has 0 spiro atoms. The highest BCUT2D eigenvalue weighted by Crippen LogP contribution is 2.22. The van der Waals surface area contributed by atoms with Gasteiger partial charge in [0.2, 0.25) is 0 Å². The van der Waals surface area contributed by atoms with Gasteiger partial charge in [-0.2, -0.15) is 0 Å². The van der Waals surface area contributed by atoms with Crippen molar-refractivity contribution in [2.45, 2.75) is 43.4 Å². The highest BCUT2D eigenvalue weighted by Gasteiger charge is 2.06. The largest absolute Gasteiger partial charge is 0.201 e. The van der Waals surface area contributed by atoms with Gasteiger partial charge in [-0.25, -0.2) is 4.57 Å². The van der Waals surface area contributed by atoms with Gasteiger partial charge in [0.15, 0.2) is 18.9 Å². The minimum atomic E-state index is 0.635. The maximum absolute atomic E-state index is 3.80. The summed E-state index contributed by atoms with van der Waals surface area (Å²) in [6.07, 6.45) is 7.41. The zero-order chi connectivity index (χ0) is 19.1. The lowest BCUT2D eigenvalue weighted by Crippen LogP contribution is -2.32. The van der Waals surface area contributed by atoms with E-state index in [1.807, 2.05) is 17.8 Å². The van der Waals surface area contributed by atoms with E-state index in [1.54, 1.807) is 0 Å². The van der Waals surface area contributed by atoms with Crippen LogP contribution in [0.5, 0.6) is 0 Å². The van der Waals surface area contributed by atoms with Gasteiger partial charge in [0.05, 0.1) is 0 Å². The average molecular weight is 375 g/mol. The van der Waals surface area contributed by atoms with Crippen molar-refractivity contribution in [2.24, 2.45) is 0 Å². The van der Waals surface area contributed by atoms with Gasteiger partial charge in [-0.05, 0) is 29.0 Å². The van der Waals surface area contributed by atoms with Crippen LogP contribution in [0.15, 0.2) is 84.5 Å². The average Bonchev–Trinajstić information content (AvgIpc) is 2.73. The molecule has 2 heteroatoms. The monoisotopic (exact) mass is 374 g/mol. The molecule has 1 nitrogen and oxygen atoms in total. The van der Waals surface area contributed by atoms with Crippen LogP contribution in [0.1, 0.15) is 48.4 Å². The second-order valence-corrected chi connectivity index (χ2v) is 8.04. The lowest BCUT2D eigenvalue weighted by atomic mass is 9.98. The van der Waals surface area contributed by atoms with E-state index in [1.165, 1.54) is 33.6 Å². The summed E-state index contributed by atoms with van der Waals surface area (Å²) in [6.45, 7) is 9.24. The zero-order valence-corrected chi connectivity index (χ0v) is 17.1. The molecule has 0 radical (unpaired) electrons. The molecule has 1 aromatic heterocycles. The first kappa shape index (κ1) is 19.4. The predicted molar refractivity (Wildman–Crippen MR) is 117 cm³/mol. The molecule has 27 heavy (non-hydrogen) atoms. The fourth-order valence-corrected chi connectivity index (χ4v) is 3.80. The Labute approximate surface area is 167 Å². The number of aromatic nitrogens is 1. The molecule has 2 aromatic carbocycles. The Morgan fingerprint density at radius 2 is 1.56 bits per heavy atom. The van der Waals surface area contributed by atoms with Crippen LogP contribution >= 0.6 is 11.8 Å². The van der Waals surface area contributed by atoms with Crippen molar-refractivity contribution in [2.75, 3.05) is 0 Å². The number of nitrogens with zero attached hydrogens (tertiary/aromatic N) is 1. The maximum Gasteiger partial charge on any atom is 0.173 e. The maximum atomic E-state index is 3.80. The molecule has 1 atom stereocenters. The van der Waals surface area contributed by atoms with Crippen LogP contribution in [-0.4, -0.2) is 0 Å². The fourth-order valence-electron chi connectivity index (χ4n) is 2.96. The molecule has 0 bridgehead atoms. The third kappa shape index (κ3) is 5.58. The molecule has 0 saturated carbocycles. The highest BCUT2D eigenvalue weighted by atomic mass is 32.2. The van der Waals surface area contributed by atoms with Crippen LogP contribution in [0.2, 0.25) is 0 Å². The SMILES string of the molecule is C=Cc1ccc(CSc2cc[n+](Cc3ccc(C(C)CC)cc3)cc2)cc1. The summed E-state index contributed by atoms with van der Waals surface area (Å²) in [5, 5.41) is 0. The van der Waals surface area contributed by atoms with Gasteiger partial charge in [-0.3, -0.25) is 0 Å². The normalized spacial score (nSPS) is 11.9. The standard InChI is InChI=1S/C25H28NS/c1-4-20(3)24-12-10-22(11-13-24)18-26-16-14-25(15-17-26)27-19-23-8-6-21(5-2)7-9-23/h5-17,20H,2,4,18-19H2,1,3H3/q+1. The van der Waals surface area contributed by atoms with Gasteiger partial charge in [0.1, 0.15) is 0 Å². The number of rotatable bonds is 8. The summed E-state index contributed by atoms with van der Waals surface area (Å²) in [7, 11) is 0. The molecule has 0 aliphatic rings. The molecule has 0 aliphatic carbocycles. The number of hydrogen-bond donors (Lipinski definition) is 0. The summed E-state index contributed by atoms with van der Waals surface area (Å²) in [5.41, 5.74) is 5.28. The van der Waals surface area contributed by atoms with Gasteiger partial charge < -0.3 is 0 Å².